The van der Waals surface area contributed by atoms with Crippen molar-refractivity contribution in [3.8, 4) is 0 Å². The van der Waals surface area contributed by atoms with Crippen molar-refractivity contribution >= 4 is 12.0 Å². The summed E-state index contributed by atoms with van der Waals surface area (Å²) in [7, 11) is 0. The summed E-state index contributed by atoms with van der Waals surface area (Å²) in [5, 5.41) is 0. The van der Waals surface area contributed by atoms with Crippen molar-refractivity contribution in [2.24, 2.45) is 0 Å². The van der Waals surface area contributed by atoms with Crippen LogP contribution in [0.2, 0.25) is 0 Å². The largest absolute Gasteiger partial charge is 0.399 e. The molecule has 13 heavy (non-hydrogen) atoms. The third kappa shape index (κ3) is 2.08. The molecule has 0 aromatic heterocycles. The van der Waals surface area contributed by atoms with Crippen molar-refractivity contribution in [2.45, 2.75) is 26.2 Å². The number of benzene rings is 1. The minimum atomic E-state index is -0.0570. The van der Waals surface area contributed by atoms with Crippen molar-refractivity contribution < 1.29 is 4.79 Å². The highest BCUT2D eigenvalue weighted by molar-refractivity contribution is 5.64. The summed E-state index contributed by atoms with van der Waals surface area (Å²) >= 11 is 0. The zero-order valence-corrected chi connectivity index (χ0v) is 8.08. The lowest BCUT2D eigenvalue weighted by molar-refractivity contribution is -0.108. The van der Waals surface area contributed by atoms with Crippen molar-refractivity contribution in [1.29, 1.82) is 0 Å². The van der Waals surface area contributed by atoms with Gasteiger partial charge in [-0.3, -0.25) is 0 Å². The lowest BCUT2D eigenvalue weighted by Crippen LogP contribution is -2.01. The molecule has 2 N–H and O–H groups in total. The lowest BCUT2D eigenvalue weighted by atomic mass is 9.95. The van der Waals surface area contributed by atoms with Gasteiger partial charge >= 0.3 is 0 Å². The van der Waals surface area contributed by atoms with Gasteiger partial charge in [0.15, 0.2) is 0 Å². The summed E-state index contributed by atoms with van der Waals surface area (Å²) in [5.74, 6) is -0.0570. The summed E-state index contributed by atoms with van der Waals surface area (Å²) in [6.07, 6.45) is 1.89. The quantitative estimate of drug-likeness (QED) is 0.567. The predicted octanol–water partition coefficient (Wildman–Crippen LogP) is 2.13. The van der Waals surface area contributed by atoms with Gasteiger partial charge in [0.05, 0.1) is 0 Å². The number of aryl methyl sites for hydroxylation is 1. The third-order valence-corrected chi connectivity index (χ3v) is 2.25. The van der Waals surface area contributed by atoms with E-state index in [4.69, 9.17) is 5.73 Å². The summed E-state index contributed by atoms with van der Waals surface area (Å²) in [4.78, 5) is 10.6. The van der Waals surface area contributed by atoms with Crippen molar-refractivity contribution in [3.05, 3.63) is 29.3 Å². The highest BCUT2D eigenvalue weighted by Gasteiger charge is 2.08. The van der Waals surface area contributed by atoms with Gasteiger partial charge in [-0.2, -0.15) is 0 Å². The first-order valence-electron chi connectivity index (χ1n) is 4.52. The second kappa shape index (κ2) is 4.08. The molecule has 0 saturated heterocycles. The van der Waals surface area contributed by atoms with E-state index in [2.05, 4.69) is 6.92 Å². The Hall–Kier alpha value is -1.31. The number of aldehydes is 1. The van der Waals surface area contributed by atoms with Crippen molar-refractivity contribution in [3.63, 3.8) is 0 Å². The highest BCUT2D eigenvalue weighted by atomic mass is 16.1. The normalized spacial score (nSPS) is 12.5. The van der Waals surface area contributed by atoms with E-state index in [0.717, 1.165) is 24.0 Å². The van der Waals surface area contributed by atoms with E-state index < -0.39 is 0 Å². The molecule has 2 nitrogen and oxygen atoms in total. The molecule has 0 heterocycles. The first kappa shape index (κ1) is 9.78. The average Bonchev–Trinajstić information content (AvgIpc) is 2.16. The Balaban J connectivity index is 3.14. The molecule has 1 aromatic rings. The monoisotopic (exact) mass is 177 g/mol. The van der Waals surface area contributed by atoms with Crippen LogP contribution in [0.3, 0.4) is 0 Å². The highest BCUT2D eigenvalue weighted by Crippen LogP contribution is 2.21. The van der Waals surface area contributed by atoms with E-state index in [1.165, 1.54) is 5.56 Å². The standard InChI is InChI=1S/C11H15NO/c1-3-9-4-5-10(12)6-11(9)8(2)7-13/h4-8H,3,12H2,1-2H3. The molecule has 2 heteroatoms. The maximum Gasteiger partial charge on any atom is 0.127 e. The van der Waals surface area contributed by atoms with Crippen LogP contribution >= 0.6 is 0 Å². The van der Waals surface area contributed by atoms with Crippen molar-refractivity contribution in [2.75, 3.05) is 5.73 Å². The van der Waals surface area contributed by atoms with Gasteiger partial charge in [-0.25, -0.2) is 0 Å². The van der Waals surface area contributed by atoms with Crippen LogP contribution in [-0.2, 0) is 11.2 Å². The van der Waals surface area contributed by atoms with Gasteiger partial charge < -0.3 is 10.5 Å². The smallest absolute Gasteiger partial charge is 0.127 e. The summed E-state index contributed by atoms with van der Waals surface area (Å²) < 4.78 is 0. The van der Waals surface area contributed by atoms with Crippen molar-refractivity contribution in [1.82, 2.24) is 0 Å². The van der Waals surface area contributed by atoms with Crippen LogP contribution in [-0.4, -0.2) is 6.29 Å². The number of nitrogen functional groups attached to an aromatic ring is 1. The van der Waals surface area contributed by atoms with Crippen LogP contribution in [0.15, 0.2) is 18.2 Å². The fourth-order valence-electron chi connectivity index (χ4n) is 1.43. The number of hydrogen-bond donors (Lipinski definition) is 1. The number of anilines is 1. The third-order valence-electron chi connectivity index (χ3n) is 2.25. The predicted molar refractivity (Wildman–Crippen MR) is 54.7 cm³/mol. The van der Waals surface area contributed by atoms with Gasteiger partial charge in [0, 0.05) is 11.6 Å². The summed E-state index contributed by atoms with van der Waals surface area (Å²) in [6.45, 7) is 3.97. The molecule has 0 aliphatic carbocycles. The topological polar surface area (TPSA) is 43.1 Å². The Morgan fingerprint density at radius 2 is 2.23 bits per heavy atom. The fourth-order valence-corrected chi connectivity index (χ4v) is 1.43. The van der Waals surface area contributed by atoms with E-state index in [1.807, 2.05) is 25.1 Å². The van der Waals surface area contributed by atoms with Crippen LogP contribution in [0.5, 0.6) is 0 Å². The van der Waals surface area contributed by atoms with Crippen LogP contribution in [0, 0.1) is 0 Å². The van der Waals surface area contributed by atoms with Gasteiger partial charge in [-0.15, -0.1) is 0 Å². The molecule has 0 aliphatic heterocycles. The van der Waals surface area contributed by atoms with Gasteiger partial charge in [0.1, 0.15) is 6.29 Å². The maximum absolute atomic E-state index is 10.6. The Kier molecular flexibility index (Phi) is 3.07. The zero-order valence-electron chi connectivity index (χ0n) is 8.08. The van der Waals surface area contributed by atoms with Crippen LogP contribution in [0.4, 0.5) is 5.69 Å². The Labute approximate surface area is 78.8 Å². The van der Waals surface area contributed by atoms with Gasteiger partial charge in [0.2, 0.25) is 0 Å². The molecule has 70 valence electrons. The number of carbonyl (C=O) groups is 1. The number of nitrogens with two attached hydrogens (primary N) is 1. The minimum absolute atomic E-state index is 0.0570. The molecule has 0 aliphatic rings. The molecule has 0 radical (unpaired) electrons. The second-order valence-corrected chi connectivity index (χ2v) is 3.24. The van der Waals surface area contributed by atoms with Gasteiger partial charge in [-0.1, -0.05) is 19.9 Å². The Bertz CT molecular complexity index is 307. The molecule has 1 rings (SSSR count). The zero-order chi connectivity index (χ0) is 9.84. The molecule has 0 spiro atoms. The van der Waals surface area contributed by atoms with Crippen LogP contribution in [0.1, 0.15) is 30.9 Å². The first-order valence-corrected chi connectivity index (χ1v) is 4.52. The molecule has 0 bridgehead atoms. The van der Waals surface area contributed by atoms with E-state index >= 15 is 0 Å². The molecule has 1 aromatic carbocycles. The summed E-state index contributed by atoms with van der Waals surface area (Å²) in [6, 6.07) is 5.75. The molecule has 0 fully saturated rings. The lowest BCUT2D eigenvalue weighted by Gasteiger charge is -2.10. The molecule has 0 saturated carbocycles. The first-order chi connectivity index (χ1) is 6.19. The van der Waals surface area contributed by atoms with E-state index in [9.17, 15) is 4.79 Å². The minimum Gasteiger partial charge on any atom is -0.399 e. The average molecular weight is 177 g/mol. The molecule has 1 unspecified atom stereocenters. The summed E-state index contributed by atoms with van der Waals surface area (Å²) in [5.41, 5.74) is 8.64. The molecule has 0 amide bonds. The fraction of sp³-hybridized carbons (Fsp3) is 0.364. The van der Waals surface area contributed by atoms with Crippen LogP contribution in [0.25, 0.3) is 0 Å². The van der Waals surface area contributed by atoms with Gasteiger partial charge in [0.25, 0.3) is 0 Å². The Morgan fingerprint density at radius 3 is 2.77 bits per heavy atom. The van der Waals surface area contributed by atoms with Crippen LogP contribution < -0.4 is 5.73 Å². The second-order valence-electron chi connectivity index (χ2n) is 3.24. The van der Waals surface area contributed by atoms with E-state index in [0.29, 0.717) is 0 Å². The molecular formula is C11H15NO. The number of hydrogen-bond acceptors (Lipinski definition) is 2. The molecule has 1 atom stereocenters. The number of rotatable bonds is 3. The van der Waals surface area contributed by atoms with E-state index in [1.54, 1.807) is 0 Å². The Morgan fingerprint density at radius 1 is 1.54 bits per heavy atom. The SMILES string of the molecule is CCc1ccc(N)cc1C(C)C=O. The van der Waals surface area contributed by atoms with Gasteiger partial charge in [-0.05, 0) is 29.7 Å². The number of carbonyl (C=O) groups excluding carboxylic acids is 1. The molecular weight excluding hydrogens is 162 g/mol. The van der Waals surface area contributed by atoms with E-state index in [-0.39, 0.29) is 5.92 Å². The maximum atomic E-state index is 10.6.